The lowest BCUT2D eigenvalue weighted by atomic mass is 9.86. The highest BCUT2D eigenvalue weighted by atomic mass is 79.9. The van der Waals surface area contributed by atoms with Crippen LogP contribution in [0.3, 0.4) is 0 Å². The molecule has 0 unspecified atom stereocenters. The van der Waals surface area contributed by atoms with Gasteiger partial charge >= 0.3 is 5.97 Å². The Hall–Kier alpha value is -1.36. The first-order valence-electron chi connectivity index (χ1n) is 5.78. The molecule has 1 aliphatic carbocycles. The van der Waals surface area contributed by atoms with E-state index >= 15 is 0 Å². The number of carbonyl (C=O) groups is 2. The molecule has 1 aliphatic heterocycles. The van der Waals surface area contributed by atoms with Crippen LogP contribution in [-0.2, 0) is 10.2 Å². The topological polar surface area (TPSA) is 55.4 Å². The molecule has 18 heavy (non-hydrogen) atoms. The van der Waals surface area contributed by atoms with Crippen LogP contribution >= 0.6 is 15.9 Å². The Morgan fingerprint density at radius 1 is 1.44 bits per heavy atom. The number of carbonyl (C=O) groups excluding carboxylic acids is 2. The van der Waals surface area contributed by atoms with Gasteiger partial charge in [-0.1, -0.05) is 15.9 Å². The molecule has 0 aromatic heterocycles. The molecule has 0 radical (unpaired) electrons. The van der Waals surface area contributed by atoms with E-state index in [0.29, 0.717) is 17.7 Å². The number of fused-ring (bicyclic) bond motifs is 2. The maximum atomic E-state index is 11.9. The summed E-state index contributed by atoms with van der Waals surface area (Å²) in [6.45, 7) is 0.689. The average Bonchev–Trinajstić information content (AvgIpc) is 3.13. The number of benzene rings is 1. The zero-order valence-electron chi connectivity index (χ0n) is 9.88. The molecule has 1 spiro atoms. The van der Waals surface area contributed by atoms with Crippen LogP contribution in [0.4, 0.5) is 0 Å². The molecule has 2 aliphatic rings. The number of amides is 1. The molecule has 1 aromatic carbocycles. The zero-order valence-corrected chi connectivity index (χ0v) is 11.5. The smallest absolute Gasteiger partial charge is 0.337 e. The van der Waals surface area contributed by atoms with Crippen molar-refractivity contribution in [2.75, 3.05) is 13.7 Å². The van der Waals surface area contributed by atoms with E-state index in [1.54, 1.807) is 12.1 Å². The van der Waals surface area contributed by atoms with Gasteiger partial charge in [-0.3, -0.25) is 4.79 Å². The third kappa shape index (κ3) is 1.57. The van der Waals surface area contributed by atoms with E-state index in [4.69, 9.17) is 4.74 Å². The van der Waals surface area contributed by atoms with Gasteiger partial charge in [0.15, 0.2) is 0 Å². The van der Waals surface area contributed by atoms with Crippen molar-refractivity contribution in [1.82, 2.24) is 5.32 Å². The minimum absolute atomic E-state index is 0.0801. The van der Waals surface area contributed by atoms with Crippen molar-refractivity contribution in [2.45, 2.75) is 18.3 Å². The van der Waals surface area contributed by atoms with Crippen LogP contribution in [0.5, 0.6) is 0 Å². The van der Waals surface area contributed by atoms with Crippen LogP contribution < -0.4 is 5.32 Å². The van der Waals surface area contributed by atoms with Gasteiger partial charge in [-0.25, -0.2) is 4.79 Å². The summed E-state index contributed by atoms with van der Waals surface area (Å²) in [6.07, 6.45) is 2.16. The standard InChI is InChI=1S/C13H12BrNO3/c1-18-12(17)7-4-8-10(9(14)5-7)13(2-3-13)6-15-11(8)16/h4-5H,2-3,6H2,1H3,(H,15,16). The van der Waals surface area contributed by atoms with Crippen LogP contribution in [0.1, 0.15) is 39.1 Å². The summed E-state index contributed by atoms with van der Waals surface area (Å²) in [5.74, 6) is -0.546. The van der Waals surface area contributed by atoms with Crippen molar-refractivity contribution in [3.63, 3.8) is 0 Å². The summed E-state index contributed by atoms with van der Waals surface area (Å²) in [4.78, 5) is 23.5. The summed E-state index contributed by atoms with van der Waals surface area (Å²) in [7, 11) is 1.33. The number of methoxy groups -OCH3 is 1. The van der Waals surface area contributed by atoms with E-state index in [2.05, 4.69) is 21.2 Å². The van der Waals surface area contributed by atoms with Crippen molar-refractivity contribution in [1.29, 1.82) is 0 Å². The first-order valence-corrected chi connectivity index (χ1v) is 6.57. The van der Waals surface area contributed by atoms with Gasteiger partial charge in [0.25, 0.3) is 5.91 Å². The van der Waals surface area contributed by atoms with Crippen molar-refractivity contribution >= 4 is 27.8 Å². The number of ether oxygens (including phenoxy) is 1. The molecule has 1 N–H and O–H groups in total. The lowest BCUT2D eigenvalue weighted by Crippen LogP contribution is -2.39. The van der Waals surface area contributed by atoms with E-state index in [0.717, 1.165) is 22.9 Å². The van der Waals surface area contributed by atoms with Gasteiger partial charge in [0.05, 0.1) is 12.7 Å². The van der Waals surface area contributed by atoms with Gasteiger partial charge in [0.2, 0.25) is 0 Å². The summed E-state index contributed by atoms with van der Waals surface area (Å²) in [6, 6.07) is 3.36. The number of hydrogen-bond donors (Lipinski definition) is 1. The first-order chi connectivity index (χ1) is 8.57. The quantitative estimate of drug-likeness (QED) is 0.807. The van der Waals surface area contributed by atoms with Crippen LogP contribution in [0.2, 0.25) is 0 Å². The minimum Gasteiger partial charge on any atom is -0.465 e. The van der Waals surface area contributed by atoms with Crippen molar-refractivity contribution in [3.8, 4) is 0 Å². The molecule has 4 nitrogen and oxygen atoms in total. The highest BCUT2D eigenvalue weighted by molar-refractivity contribution is 9.10. The summed E-state index contributed by atoms with van der Waals surface area (Å²) < 4.78 is 5.52. The molecule has 1 amide bonds. The monoisotopic (exact) mass is 309 g/mol. The van der Waals surface area contributed by atoms with Crippen molar-refractivity contribution < 1.29 is 14.3 Å². The van der Waals surface area contributed by atoms with Crippen LogP contribution in [-0.4, -0.2) is 25.5 Å². The normalized spacial score (nSPS) is 19.1. The van der Waals surface area contributed by atoms with Gasteiger partial charge < -0.3 is 10.1 Å². The molecule has 1 fully saturated rings. The maximum Gasteiger partial charge on any atom is 0.337 e. The number of esters is 1. The fraction of sp³-hybridized carbons (Fsp3) is 0.385. The van der Waals surface area contributed by atoms with E-state index < -0.39 is 5.97 Å². The van der Waals surface area contributed by atoms with Crippen LogP contribution in [0, 0.1) is 0 Å². The SMILES string of the molecule is COC(=O)c1cc(Br)c2c(c1)C(=O)NCC21CC1. The second-order valence-electron chi connectivity index (χ2n) is 4.84. The van der Waals surface area contributed by atoms with Crippen LogP contribution in [0.15, 0.2) is 16.6 Å². The van der Waals surface area contributed by atoms with Crippen molar-refractivity contribution in [3.05, 3.63) is 33.3 Å². The lowest BCUT2D eigenvalue weighted by molar-refractivity contribution is 0.0600. The van der Waals surface area contributed by atoms with Crippen LogP contribution in [0.25, 0.3) is 0 Å². The fourth-order valence-electron chi connectivity index (χ4n) is 2.57. The molecule has 94 valence electrons. The first kappa shape index (κ1) is 11.7. The number of hydrogen-bond acceptors (Lipinski definition) is 3. The van der Waals surface area contributed by atoms with E-state index in [-0.39, 0.29) is 11.3 Å². The molecule has 1 aromatic rings. The number of rotatable bonds is 1. The summed E-state index contributed by atoms with van der Waals surface area (Å²) >= 11 is 3.49. The molecular formula is C13H12BrNO3. The Morgan fingerprint density at radius 2 is 2.17 bits per heavy atom. The predicted octanol–water partition coefficient (Wildman–Crippen LogP) is 2.01. The van der Waals surface area contributed by atoms with Gasteiger partial charge in [0.1, 0.15) is 0 Å². The Bertz CT molecular complexity index is 564. The highest BCUT2D eigenvalue weighted by Crippen LogP contribution is 2.53. The van der Waals surface area contributed by atoms with Gasteiger partial charge in [0, 0.05) is 22.0 Å². The van der Waals surface area contributed by atoms with Gasteiger partial charge in [-0.2, -0.15) is 0 Å². The Morgan fingerprint density at radius 3 is 2.78 bits per heavy atom. The van der Waals surface area contributed by atoms with E-state index in [9.17, 15) is 9.59 Å². The zero-order chi connectivity index (χ0) is 12.9. The third-order valence-electron chi connectivity index (χ3n) is 3.73. The molecule has 3 rings (SSSR count). The summed E-state index contributed by atoms with van der Waals surface area (Å²) in [5.41, 5.74) is 2.11. The molecule has 1 heterocycles. The largest absolute Gasteiger partial charge is 0.465 e. The molecular weight excluding hydrogens is 298 g/mol. The molecule has 0 bridgehead atoms. The van der Waals surface area contributed by atoms with Gasteiger partial charge in [-0.15, -0.1) is 0 Å². The minimum atomic E-state index is -0.429. The molecule has 0 atom stereocenters. The average molecular weight is 310 g/mol. The molecule has 0 saturated heterocycles. The van der Waals surface area contributed by atoms with E-state index in [1.807, 2.05) is 0 Å². The molecule has 1 saturated carbocycles. The lowest BCUT2D eigenvalue weighted by Gasteiger charge is -2.27. The Labute approximate surface area is 113 Å². The second-order valence-corrected chi connectivity index (χ2v) is 5.69. The molecule has 5 heteroatoms. The third-order valence-corrected chi connectivity index (χ3v) is 4.35. The number of nitrogens with one attached hydrogen (secondary N) is 1. The second kappa shape index (κ2) is 3.82. The summed E-state index contributed by atoms with van der Waals surface area (Å²) in [5, 5.41) is 2.89. The number of halogens is 1. The van der Waals surface area contributed by atoms with E-state index in [1.165, 1.54) is 7.11 Å². The fourth-order valence-corrected chi connectivity index (χ4v) is 3.45. The van der Waals surface area contributed by atoms with Crippen molar-refractivity contribution in [2.24, 2.45) is 0 Å². The maximum absolute atomic E-state index is 11.9. The Kier molecular flexibility index (Phi) is 2.48. The highest BCUT2D eigenvalue weighted by Gasteiger charge is 2.50. The predicted molar refractivity (Wildman–Crippen MR) is 68.7 cm³/mol. The Balaban J connectivity index is 2.18. The van der Waals surface area contributed by atoms with Gasteiger partial charge in [-0.05, 0) is 30.5 Å².